The molecule has 0 atom stereocenters. The number of amides is 2. The zero-order valence-corrected chi connectivity index (χ0v) is 19.8. The molecule has 8 heteroatoms. The molecule has 2 N–H and O–H groups in total. The van der Waals surface area contributed by atoms with Crippen LogP contribution in [0.5, 0.6) is 0 Å². The molecule has 7 nitrogen and oxygen atoms in total. The molecule has 2 aromatic rings. The van der Waals surface area contributed by atoms with Gasteiger partial charge in [-0.3, -0.25) is 9.59 Å². The van der Waals surface area contributed by atoms with Crippen molar-refractivity contribution >= 4 is 27.5 Å². The predicted molar refractivity (Wildman–Crippen MR) is 127 cm³/mol. The van der Waals surface area contributed by atoms with Gasteiger partial charge >= 0.3 is 0 Å². The van der Waals surface area contributed by atoms with Gasteiger partial charge in [-0.25, -0.2) is 8.42 Å². The van der Waals surface area contributed by atoms with Crippen LogP contribution in [0.3, 0.4) is 0 Å². The molecule has 0 saturated carbocycles. The number of hydrogen-bond donors (Lipinski definition) is 2. The standard InChI is InChI=1S/C25H31N3O4S/c1-2-18-6-3-4-9-23(18)27-24(29)17-26-25(30)20-12-14-28(15-13-20)33(31,32)22-11-10-19-7-5-8-21(19)16-22/h3-4,6,9-11,16,20H,2,5,7-8,12-15,17H2,1H3,(H,26,30)(H,27,29). The molecule has 2 aromatic carbocycles. The lowest BCUT2D eigenvalue weighted by Gasteiger charge is -2.30. The van der Waals surface area contributed by atoms with E-state index >= 15 is 0 Å². The highest BCUT2D eigenvalue weighted by atomic mass is 32.2. The van der Waals surface area contributed by atoms with Crippen molar-refractivity contribution in [3.63, 3.8) is 0 Å². The first-order valence-corrected chi connectivity index (χ1v) is 13.1. The summed E-state index contributed by atoms with van der Waals surface area (Å²) in [5, 5.41) is 5.55. The number of piperidine rings is 1. The van der Waals surface area contributed by atoms with E-state index < -0.39 is 10.0 Å². The molecule has 1 aliphatic heterocycles. The minimum atomic E-state index is -3.56. The van der Waals surface area contributed by atoms with Crippen molar-refractivity contribution in [2.45, 2.75) is 50.3 Å². The molecule has 1 saturated heterocycles. The van der Waals surface area contributed by atoms with Crippen LogP contribution in [-0.4, -0.2) is 44.2 Å². The second-order valence-electron chi connectivity index (χ2n) is 8.74. The Bertz CT molecular complexity index is 1140. The molecule has 176 valence electrons. The van der Waals surface area contributed by atoms with Crippen LogP contribution < -0.4 is 10.6 Å². The van der Waals surface area contributed by atoms with Gasteiger partial charge in [0.15, 0.2) is 0 Å². The number of nitrogens with zero attached hydrogens (tertiary/aromatic N) is 1. The summed E-state index contributed by atoms with van der Waals surface area (Å²) in [6, 6.07) is 13.0. The number of aryl methyl sites for hydroxylation is 3. The normalized spacial score (nSPS) is 16.9. The van der Waals surface area contributed by atoms with Crippen molar-refractivity contribution in [3.05, 3.63) is 59.2 Å². The average molecular weight is 470 g/mol. The lowest BCUT2D eigenvalue weighted by atomic mass is 9.97. The van der Waals surface area contributed by atoms with Gasteiger partial charge in [-0.15, -0.1) is 0 Å². The van der Waals surface area contributed by atoms with Gasteiger partial charge in [0, 0.05) is 24.7 Å². The number of sulfonamides is 1. The van der Waals surface area contributed by atoms with E-state index in [-0.39, 0.29) is 24.3 Å². The van der Waals surface area contributed by atoms with Gasteiger partial charge in [0.1, 0.15) is 0 Å². The largest absolute Gasteiger partial charge is 0.347 e. The zero-order chi connectivity index (χ0) is 23.4. The molecule has 33 heavy (non-hydrogen) atoms. The molecule has 1 heterocycles. The van der Waals surface area contributed by atoms with E-state index in [1.807, 2.05) is 43.3 Å². The number of para-hydroxylation sites is 1. The fourth-order valence-corrected chi connectivity index (χ4v) is 6.19. The monoisotopic (exact) mass is 469 g/mol. The Labute approximate surface area is 195 Å². The number of fused-ring (bicyclic) bond motifs is 1. The van der Waals surface area contributed by atoms with Crippen LogP contribution in [-0.2, 0) is 38.9 Å². The van der Waals surface area contributed by atoms with Crippen LogP contribution in [0.25, 0.3) is 0 Å². The van der Waals surface area contributed by atoms with Crippen molar-refractivity contribution in [3.8, 4) is 0 Å². The third-order valence-corrected chi connectivity index (χ3v) is 8.52. The highest BCUT2D eigenvalue weighted by Crippen LogP contribution is 2.28. The third kappa shape index (κ3) is 5.28. The summed E-state index contributed by atoms with van der Waals surface area (Å²) >= 11 is 0. The minimum absolute atomic E-state index is 0.107. The smallest absolute Gasteiger partial charge is 0.243 e. The number of carbonyl (C=O) groups excluding carboxylic acids is 2. The van der Waals surface area contributed by atoms with Crippen LogP contribution >= 0.6 is 0 Å². The van der Waals surface area contributed by atoms with Gasteiger partial charge in [-0.2, -0.15) is 4.31 Å². The molecule has 0 unspecified atom stereocenters. The Hall–Kier alpha value is -2.71. The van der Waals surface area contributed by atoms with E-state index in [0.29, 0.717) is 30.8 Å². The van der Waals surface area contributed by atoms with E-state index in [9.17, 15) is 18.0 Å². The summed E-state index contributed by atoms with van der Waals surface area (Å²) in [7, 11) is -3.56. The predicted octanol–water partition coefficient (Wildman–Crippen LogP) is 2.89. The molecule has 1 fully saturated rings. The summed E-state index contributed by atoms with van der Waals surface area (Å²) in [5.41, 5.74) is 4.16. The lowest BCUT2D eigenvalue weighted by Crippen LogP contribution is -2.44. The van der Waals surface area contributed by atoms with Crippen LogP contribution in [0.4, 0.5) is 5.69 Å². The SMILES string of the molecule is CCc1ccccc1NC(=O)CNC(=O)C1CCN(S(=O)(=O)c2ccc3c(c2)CCC3)CC1. The highest BCUT2D eigenvalue weighted by Gasteiger charge is 2.32. The number of carbonyl (C=O) groups is 2. The maximum atomic E-state index is 13.1. The first-order valence-electron chi connectivity index (χ1n) is 11.7. The molecular weight excluding hydrogens is 438 g/mol. The number of hydrogen-bond acceptors (Lipinski definition) is 4. The Kier molecular flexibility index (Phi) is 7.14. The highest BCUT2D eigenvalue weighted by molar-refractivity contribution is 7.89. The number of nitrogens with one attached hydrogen (secondary N) is 2. The summed E-state index contributed by atoms with van der Waals surface area (Å²) in [6.07, 6.45) is 4.70. The van der Waals surface area contributed by atoms with E-state index in [1.54, 1.807) is 6.07 Å². The minimum Gasteiger partial charge on any atom is -0.347 e. The maximum absolute atomic E-state index is 13.1. The molecule has 0 aromatic heterocycles. The van der Waals surface area contributed by atoms with Gasteiger partial charge in [0.25, 0.3) is 0 Å². The van der Waals surface area contributed by atoms with Crippen molar-refractivity contribution in [2.24, 2.45) is 5.92 Å². The fourth-order valence-electron chi connectivity index (χ4n) is 4.67. The van der Waals surface area contributed by atoms with Crippen LogP contribution in [0.2, 0.25) is 0 Å². The molecule has 1 aliphatic carbocycles. The lowest BCUT2D eigenvalue weighted by molar-refractivity contribution is -0.128. The molecule has 0 spiro atoms. The quantitative estimate of drug-likeness (QED) is 0.652. The zero-order valence-electron chi connectivity index (χ0n) is 19.0. The molecule has 4 rings (SSSR count). The van der Waals surface area contributed by atoms with Gasteiger partial charge in [-0.05, 0) is 73.4 Å². The van der Waals surface area contributed by atoms with Gasteiger partial charge in [0.05, 0.1) is 11.4 Å². The van der Waals surface area contributed by atoms with Crippen molar-refractivity contribution in [2.75, 3.05) is 25.0 Å². The Balaban J connectivity index is 1.28. The van der Waals surface area contributed by atoms with Crippen LogP contribution in [0.1, 0.15) is 42.9 Å². The van der Waals surface area contributed by atoms with Crippen molar-refractivity contribution in [1.82, 2.24) is 9.62 Å². The Morgan fingerprint density at radius 2 is 1.76 bits per heavy atom. The summed E-state index contributed by atoms with van der Waals surface area (Å²) in [5.74, 6) is -0.781. The van der Waals surface area contributed by atoms with E-state index in [2.05, 4.69) is 10.6 Å². The van der Waals surface area contributed by atoms with Gasteiger partial charge in [-0.1, -0.05) is 31.2 Å². The first-order chi connectivity index (χ1) is 15.9. The maximum Gasteiger partial charge on any atom is 0.243 e. The second-order valence-corrected chi connectivity index (χ2v) is 10.7. The second kappa shape index (κ2) is 10.1. The summed E-state index contributed by atoms with van der Waals surface area (Å²) in [4.78, 5) is 25.2. The molecule has 2 amide bonds. The number of rotatable bonds is 7. The third-order valence-electron chi connectivity index (χ3n) is 6.63. The van der Waals surface area contributed by atoms with Crippen molar-refractivity contribution < 1.29 is 18.0 Å². The van der Waals surface area contributed by atoms with Crippen LogP contribution in [0, 0.1) is 5.92 Å². The number of anilines is 1. The average Bonchev–Trinajstić information content (AvgIpc) is 3.31. The van der Waals surface area contributed by atoms with Crippen LogP contribution in [0.15, 0.2) is 47.4 Å². The summed E-state index contributed by atoms with van der Waals surface area (Å²) in [6.45, 7) is 2.51. The Morgan fingerprint density at radius 1 is 1.03 bits per heavy atom. The first kappa shape index (κ1) is 23.4. The van der Waals surface area contributed by atoms with E-state index in [1.165, 1.54) is 9.87 Å². The number of benzene rings is 2. The molecule has 0 bridgehead atoms. The summed E-state index contributed by atoms with van der Waals surface area (Å²) < 4.78 is 27.6. The van der Waals surface area contributed by atoms with Crippen molar-refractivity contribution in [1.29, 1.82) is 0 Å². The fraction of sp³-hybridized carbons (Fsp3) is 0.440. The topological polar surface area (TPSA) is 95.6 Å². The molecule has 2 aliphatic rings. The Morgan fingerprint density at radius 3 is 2.52 bits per heavy atom. The van der Waals surface area contributed by atoms with Gasteiger partial charge < -0.3 is 10.6 Å². The van der Waals surface area contributed by atoms with E-state index in [4.69, 9.17) is 0 Å². The molecule has 0 radical (unpaired) electrons. The molecular formula is C25H31N3O4S. The van der Waals surface area contributed by atoms with E-state index in [0.717, 1.165) is 42.5 Å². The van der Waals surface area contributed by atoms with Gasteiger partial charge in [0.2, 0.25) is 21.8 Å².